The topological polar surface area (TPSA) is 30.7 Å². The molecule has 3 nitrogen and oxygen atoms in total. The highest BCUT2D eigenvalue weighted by molar-refractivity contribution is 9.10. The van der Waals surface area contributed by atoms with E-state index in [1.807, 2.05) is 36.0 Å². The van der Waals surface area contributed by atoms with Crippen LogP contribution in [0.5, 0.6) is 0 Å². The van der Waals surface area contributed by atoms with Crippen LogP contribution in [0.3, 0.4) is 0 Å². The summed E-state index contributed by atoms with van der Waals surface area (Å²) in [6.45, 7) is 4.14. The van der Waals surface area contributed by atoms with Gasteiger partial charge in [-0.15, -0.1) is 0 Å². The maximum Gasteiger partial charge on any atom is 0.138 e. The van der Waals surface area contributed by atoms with E-state index >= 15 is 0 Å². The van der Waals surface area contributed by atoms with Gasteiger partial charge in [-0.25, -0.2) is 9.97 Å². The number of hydrogen-bond donors (Lipinski definition) is 0. The van der Waals surface area contributed by atoms with E-state index in [1.54, 1.807) is 0 Å². The average Bonchev–Trinajstić information content (AvgIpc) is 2.71. The van der Waals surface area contributed by atoms with Gasteiger partial charge < -0.3 is 0 Å². The second kappa shape index (κ2) is 4.78. The zero-order valence-corrected chi connectivity index (χ0v) is 11.0. The Labute approximate surface area is 104 Å². The highest BCUT2D eigenvalue weighted by atomic mass is 79.9. The lowest BCUT2D eigenvalue weighted by Gasteiger charge is -2.07. The van der Waals surface area contributed by atoms with Gasteiger partial charge in [-0.2, -0.15) is 0 Å². The van der Waals surface area contributed by atoms with E-state index in [9.17, 15) is 0 Å². The fraction of sp³-hybridized carbons (Fsp3) is 0.333. The molecule has 0 aliphatic heterocycles. The molecule has 0 fully saturated rings. The van der Waals surface area contributed by atoms with Gasteiger partial charge in [-0.05, 0) is 41.4 Å². The van der Waals surface area contributed by atoms with Crippen LogP contribution in [0.15, 0.2) is 29.0 Å². The Kier molecular flexibility index (Phi) is 3.39. The maximum atomic E-state index is 4.53. The SMILES string of the molecule is CCCc1nccn1-c1ccc(Br)c(C)n1. The molecule has 0 N–H and O–H groups in total. The van der Waals surface area contributed by atoms with Crippen molar-refractivity contribution in [1.82, 2.24) is 14.5 Å². The molecule has 0 unspecified atom stereocenters. The molecule has 0 radical (unpaired) electrons. The number of aromatic nitrogens is 3. The minimum Gasteiger partial charge on any atom is -0.288 e. The number of imidazole rings is 1. The van der Waals surface area contributed by atoms with Crippen LogP contribution in [-0.4, -0.2) is 14.5 Å². The second-order valence-electron chi connectivity index (χ2n) is 3.70. The molecule has 84 valence electrons. The lowest BCUT2D eigenvalue weighted by molar-refractivity contribution is 0.796. The molecule has 0 aliphatic carbocycles. The summed E-state index contributed by atoms with van der Waals surface area (Å²) < 4.78 is 3.08. The summed E-state index contributed by atoms with van der Waals surface area (Å²) in [5.41, 5.74) is 0.994. The van der Waals surface area contributed by atoms with Crippen LogP contribution in [0.4, 0.5) is 0 Å². The Bertz CT molecular complexity index is 491. The monoisotopic (exact) mass is 279 g/mol. The quantitative estimate of drug-likeness (QED) is 0.863. The first kappa shape index (κ1) is 11.3. The Morgan fingerprint density at radius 2 is 2.19 bits per heavy atom. The highest BCUT2D eigenvalue weighted by Gasteiger charge is 2.06. The summed E-state index contributed by atoms with van der Waals surface area (Å²) in [7, 11) is 0. The minimum absolute atomic E-state index is 0.932. The molecule has 0 bridgehead atoms. The Morgan fingerprint density at radius 1 is 1.38 bits per heavy atom. The molecule has 0 atom stereocenters. The van der Waals surface area contributed by atoms with E-state index in [1.165, 1.54) is 0 Å². The summed E-state index contributed by atoms with van der Waals surface area (Å²) in [5, 5.41) is 0. The first-order valence-corrected chi connectivity index (χ1v) is 6.17. The third kappa shape index (κ3) is 2.16. The summed E-state index contributed by atoms with van der Waals surface area (Å²) in [4.78, 5) is 8.88. The predicted molar refractivity (Wildman–Crippen MR) is 67.8 cm³/mol. The van der Waals surface area contributed by atoms with E-state index in [4.69, 9.17) is 0 Å². The Morgan fingerprint density at radius 3 is 2.88 bits per heavy atom. The lowest BCUT2D eigenvalue weighted by Crippen LogP contribution is -2.03. The van der Waals surface area contributed by atoms with Crippen molar-refractivity contribution in [3.05, 3.63) is 40.5 Å². The summed E-state index contributed by atoms with van der Waals surface area (Å²) in [5.74, 6) is 2.00. The third-order valence-electron chi connectivity index (χ3n) is 2.44. The standard InChI is InChI=1S/C12H14BrN3/c1-3-4-11-14-7-8-16(11)12-6-5-10(13)9(2)15-12/h5-8H,3-4H2,1-2H3. The van der Waals surface area contributed by atoms with Gasteiger partial charge in [0.05, 0.1) is 5.69 Å². The molecule has 2 heterocycles. The van der Waals surface area contributed by atoms with Crippen molar-refractivity contribution in [1.29, 1.82) is 0 Å². The Balaban J connectivity index is 2.42. The van der Waals surface area contributed by atoms with Crippen LogP contribution in [0.25, 0.3) is 5.82 Å². The first-order chi connectivity index (χ1) is 7.72. The number of halogens is 1. The molecule has 16 heavy (non-hydrogen) atoms. The van der Waals surface area contributed by atoms with Gasteiger partial charge in [0, 0.05) is 23.3 Å². The normalized spacial score (nSPS) is 10.7. The number of nitrogens with zero attached hydrogens (tertiary/aromatic N) is 3. The van der Waals surface area contributed by atoms with Crippen LogP contribution < -0.4 is 0 Å². The van der Waals surface area contributed by atoms with Gasteiger partial charge in [-0.3, -0.25) is 4.57 Å². The van der Waals surface area contributed by atoms with E-state index in [0.717, 1.165) is 34.7 Å². The van der Waals surface area contributed by atoms with Gasteiger partial charge in [0.2, 0.25) is 0 Å². The van der Waals surface area contributed by atoms with Crippen LogP contribution in [0.1, 0.15) is 24.9 Å². The summed E-state index contributed by atoms with van der Waals surface area (Å²) in [6, 6.07) is 4.02. The van der Waals surface area contributed by atoms with Crippen LogP contribution in [0.2, 0.25) is 0 Å². The van der Waals surface area contributed by atoms with Crippen molar-refractivity contribution in [2.45, 2.75) is 26.7 Å². The number of hydrogen-bond acceptors (Lipinski definition) is 2. The van der Waals surface area contributed by atoms with Crippen LogP contribution in [0, 0.1) is 6.92 Å². The van der Waals surface area contributed by atoms with Crippen molar-refractivity contribution in [3.63, 3.8) is 0 Å². The molecule has 2 aromatic heterocycles. The number of aryl methyl sites for hydroxylation is 2. The van der Waals surface area contributed by atoms with Crippen molar-refractivity contribution >= 4 is 15.9 Å². The fourth-order valence-corrected chi connectivity index (χ4v) is 1.84. The molecule has 4 heteroatoms. The van der Waals surface area contributed by atoms with E-state index in [-0.39, 0.29) is 0 Å². The molecule has 0 saturated carbocycles. The molecule has 0 aliphatic rings. The molecule has 0 saturated heterocycles. The fourth-order valence-electron chi connectivity index (χ4n) is 1.62. The van der Waals surface area contributed by atoms with Crippen molar-refractivity contribution < 1.29 is 0 Å². The number of rotatable bonds is 3. The van der Waals surface area contributed by atoms with E-state index < -0.39 is 0 Å². The molecule has 2 rings (SSSR count). The van der Waals surface area contributed by atoms with Crippen molar-refractivity contribution in [3.8, 4) is 5.82 Å². The van der Waals surface area contributed by atoms with Crippen LogP contribution in [-0.2, 0) is 6.42 Å². The van der Waals surface area contributed by atoms with E-state index in [2.05, 4.69) is 32.8 Å². The molecule has 0 amide bonds. The second-order valence-corrected chi connectivity index (χ2v) is 4.55. The van der Waals surface area contributed by atoms with Gasteiger partial charge in [0.1, 0.15) is 11.6 Å². The van der Waals surface area contributed by atoms with Gasteiger partial charge in [0.25, 0.3) is 0 Å². The van der Waals surface area contributed by atoms with Gasteiger partial charge >= 0.3 is 0 Å². The highest BCUT2D eigenvalue weighted by Crippen LogP contribution is 2.17. The maximum absolute atomic E-state index is 4.53. The zero-order valence-electron chi connectivity index (χ0n) is 9.44. The molecular weight excluding hydrogens is 266 g/mol. The van der Waals surface area contributed by atoms with Gasteiger partial charge in [-0.1, -0.05) is 6.92 Å². The van der Waals surface area contributed by atoms with Gasteiger partial charge in [0.15, 0.2) is 0 Å². The van der Waals surface area contributed by atoms with E-state index in [0.29, 0.717) is 0 Å². The molecule has 0 spiro atoms. The summed E-state index contributed by atoms with van der Waals surface area (Å²) in [6.07, 6.45) is 5.85. The first-order valence-electron chi connectivity index (χ1n) is 5.38. The van der Waals surface area contributed by atoms with Crippen molar-refractivity contribution in [2.75, 3.05) is 0 Å². The lowest BCUT2D eigenvalue weighted by atomic mass is 10.3. The minimum atomic E-state index is 0.932. The molecule has 0 aromatic carbocycles. The van der Waals surface area contributed by atoms with Crippen LogP contribution >= 0.6 is 15.9 Å². The number of pyridine rings is 1. The zero-order chi connectivity index (χ0) is 11.5. The molecule has 2 aromatic rings. The average molecular weight is 280 g/mol. The smallest absolute Gasteiger partial charge is 0.138 e. The molecular formula is C12H14BrN3. The third-order valence-corrected chi connectivity index (χ3v) is 3.28. The largest absolute Gasteiger partial charge is 0.288 e. The van der Waals surface area contributed by atoms with Crippen molar-refractivity contribution in [2.24, 2.45) is 0 Å². The Hall–Kier alpha value is -1.16. The summed E-state index contributed by atoms with van der Waals surface area (Å²) >= 11 is 3.45. The predicted octanol–water partition coefficient (Wildman–Crippen LogP) is 3.29.